The molecule has 1 atom stereocenters. The van der Waals surface area contributed by atoms with E-state index < -0.39 is 6.10 Å². The van der Waals surface area contributed by atoms with Crippen molar-refractivity contribution in [3.05, 3.63) is 66.5 Å². The Balaban J connectivity index is 0.00000133. The van der Waals surface area contributed by atoms with E-state index in [4.69, 9.17) is 0 Å². The third-order valence-electron chi connectivity index (χ3n) is 3.08. The van der Waals surface area contributed by atoms with Crippen LogP contribution in [0, 0.1) is 0 Å². The Kier molecular flexibility index (Phi) is 4.20. The second kappa shape index (κ2) is 5.87. The Morgan fingerprint density at radius 2 is 1.68 bits per heavy atom. The molecule has 1 unspecified atom stereocenters. The maximum absolute atomic E-state index is 10.2. The minimum atomic E-state index is -0.510. The molecule has 1 heterocycles. The number of benzene rings is 2. The number of aliphatic hydroxyl groups is 1. The van der Waals surface area contributed by atoms with E-state index in [9.17, 15) is 5.11 Å². The van der Waals surface area contributed by atoms with Gasteiger partial charge in [-0.05, 0) is 17.7 Å². The minimum Gasteiger partial charge on any atom is -0.387 e. The van der Waals surface area contributed by atoms with Gasteiger partial charge in [-0.1, -0.05) is 42.5 Å². The largest absolute Gasteiger partial charge is 0.387 e. The molecule has 1 aromatic heterocycles. The summed E-state index contributed by atoms with van der Waals surface area (Å²) in [6.07, 6.45) is 1.26. The number of para-hydroxylation sites is 2. The maximum atomic E-state index is 10.2. The molecule has 98 valence electrons. The molecule has 0 aliphatic heterocycles. The first-order valence-electron chi connectivity index (χ1n) is 5.97. The normalized spacial score (nSPS) is 12.1. The van der Waals surface area contributed by atoms with Gasteiger partial charge in [0.25, 0.3) is 0 Å². The van der Waals surface area contributed by atoms with Crippen molar-refractivity contribution < 1.29 is 5.11 Å². The Morgan fingerprint density at radius 3 is 2.47 bits per heavy atom. The SMILES string of the molecule is Cl.OC(Cn1cnc2ccccc21)c1ccccc1. The molecule has 0 radical (unpaired) electrons. The molecule has 0 saturated heterocycles. The van der Waals surface area contributed by atoms with Gasteiger partial charge in [0.1, 0.15) is 0 Å². The highest BCUT2D eigenvalue weighted by molar-refractivity contribution is 5.85. The van der Waals surface area contributed by atoms with Crippen molar-refractivity contribution in [2.75, 3.05) is 0 Å². The fourth-order valence-electron chi connectivity index (χ4n) is 2.12. The molecule has 0 bridgehead atoms. The second-order valence-corrected chi connectivity index (χ2v) is 4.31. The monoisotopic (exact) mass is 274 g/mol. The number of imidazole rings is 1. The highest BCUT2D eigenvalue weighted by Crippen LogP contribution is 2.18. The molecule has 3 rings (SSSR count). The van der Waals surface area contributed by atoms with Crippen molar-refractivity contribution >= 4 is 23.4 Å². The van der Waals surface area contributed by atoms with Crippen molar-refractivity contribution in [1.82, 2.24) is 9.55 Å². The summed E-state index contributed by atoms with van der Waals surface area (Å²) < 4.78 is 1.98. The summed E-state index contributed by atoms with van der Waals surface area (Å²) >= 11 is 0. The van der Waals surface area contributed by atoms with Gasteiger partial charge in [0.2, 0.25) is 0 Å². The van der Waals surface area contributed by atoms with E-state index in [-0.39, 0.29) is 12.4 Å². The fraction of sp³-hybridized carbons (Fsp3) is 0.133. The van der Waals surface area contributed by atoms with Gasteiger partial charge in [-0.15, -0.1) is 12.4 Å². The lowest BCUT2D eigenvalue weighted by Gasteiger charge is -2.12. The van der Waals surface area contributed by atoms with Crippen LogP contribution >= 0.6 is 12.4 Å². The van der Waals surface area contributed by atoms with Crippen LogP contribution in [-0.4, -0.2) is 14.7 Å². The summed E-state index contributed by atoms with van der Waals surface area (Å²) in [6, 6.07) is 17.6. The smallest absolute Gasteiger partial charge is 0.0969 e. The number of aliphatic hydroxyl groups excluding tert-OH is 1. The average molecular weight is 275 g/mol. The predicted octanol–water partition coefficient (Wildman–Crippen LogP) is 3.19. The van der Waals surface area contributed by atoms with Crippen LogP contribution in [-0.2, 0) is 6.54 Å². The van der Waals surface area contributed by atoms with Crippen LogP contribution in [0.2, 0.25) is 0 Å². The van der Waals surface area contributed by atoms with Crippen LogP contribution in [0.3, 0.4) is 0 Å². The quantitative estimate of drug-likeness (QED) is 0.796. The molecule has 0 spiro atoms. The third kappa shape index (κ3) is 2.78. The zero-order valence-corrected chi connectivity index (χ0v) is 11.1. The van der Waals surface area contributed by atoms with Crippen LogP contribution in [0.5, 0.6) is 0 Å². The van der Waals surface area contributed by atoms with Crippen molar-refractivity contribution in [3.63, 3.8) is 0 Å². The molecule has 4 heteroatoms. The minimum absolute atomic E-state index is 0. The molecule has 0 aliphatic carbocycles. The van der Waals surface area contributed by atoms with Gasteiger partial charge in [0, 0.05) is 0 Å². The van der Waals surface area contributed by atoms with E-state index in [1.165, 1.54) is 0 Å². The molecule has 2 aromatic carbocycles. The zero-order valence-electron chi connectivity index (χ0n) is 10.3. The van der Waals surface area contributed by atoms with Gasteiger partial charge in [-0.2, -0.15) is 0 Å². The van der Waals surface area contributed by atoms with Gasteiger partial charge in [-0.25, -0.2) is 4.98 Å². The molecule has 19 heavy (non-hydrogen) atoms. The second-order valence-electron chi connectivity index (χ2n) is 4.31. The standard InChI is InChI=1S/C15H14N2O.ClH/c18-15(12-6-2-1-3-7-12)10-17-11-16-13-8-4-5-9-14(13)17;/h1-9,11,15,18H,10H2;1H. The number of halogens is 1. The highest BCUT2D eigenvalue weighted by atomic mass is 35.5. The van der Waals surface area contributed by atoms with Gasteiger partial charge < -0.3 is 9.67 Å². The van der Waals surface area contributed by atoms with Crippen molar-refractivity contribution in [3.8, 4) is 0 Å². The van der Waals surface area contributed by atoms with Crippen LogP contribution in [0.25, 0.3) is 11.0 Å². The van der Waals surface area contributed by atoms with E-state index in [1.54, 1.807) is 6.33 Å². The summed E-state index contributed by atoms with van der Waals surface area (Å²) in [6.45, 7) is 0.518. The fourth-order valence-corrected chi connectivity index (χ4v) is 2.12. The van der Waals surface area contributed by atoms with Crippen molar-refractivity contribution in [1.29, 1.82) is 0 Å². The van der Waals surface area contributed by atoms with Crippen LogP contribution in [0.4, 0.5) is 0 Å². The number of hydrogen-bond acceptors (Lipinski definition) is 2. The molecule has 1 N–H and O–H groups in total. The number of hydrogen-bond donors (Lipinski definition) is 1. The zero-order chi connectivity index (χ0) is 12.4. The number of fused-ring (bicyclic) bond motifs is 1. The Morgan fingerprint density at radius 1 is 1.00 bits per heavy atom. The lowest BCUT2D eigenvalue weighted by molar-refractivity contribution is 0.158. The predicted molar refractivity (Wildman–Crippen MR) is 78.4 cm³/mol. The maximum Gasteiger partial charge on any atom is 0.0969 e. The van der Waals surface area contributed by atoms with Gasteiger partial charge in [-0.3, -0.25) is 0 Å². The summed E-state index contributed by atoms with van der Waals surface area (Å²) in [5.41, 5.74) is 2.93. The first kappa shape index (κ1) is 13.6. The number of rotatable bonds is 3. The topological polar surface area (TPSA) is 38.0 Å². The van der Waals surface area contributed by atoms with E-state index in [0.29, 0.717) is 6.54 Å². The number of aromatic nitrogens is 2. The Labute approximate surface area is 117 Å². The molecule has 0 aliphatic rings. The third-order valence-corrected chi connectivity index (χ3v) is 3.08. The van der Waals surface area contributed by atoms with Crippen molar-refractivity contribution in [2.24, 2.45) is 0 Å². The summed E-state index contributed by atoms with van der Waals surface area (Å²) in [5.74, 6) is 0. The average Bonchev–Trinajstić information content (AvgIpc) is 2.83. The Bertz CT molecular complexity index is 651. The molecule has 0 amide bonds. The molecule has 0 saturated carbocycles. The van der Waals surface area contributed by atoms with E-state index in [2.05, 4.69) is 4.98 Å². The van der Waals surface area contributed by atoms with Gasteiger partial charge in [0.05, 0.1) is 30.0 Å². The molecule has 3 nitrogen and oxygen atoms in total. The molecular weight excluding hydrogens is 260 g/mol. The summed E-state index contributed by atoms with van der Waals surface area (Å²) in [4.78, 5) is 4.32. The first-order chi connectivity index (χ1) is 8.84. The highest BCUT2D eigenvalue weighted by Gasteiger charge is 2.09. The summed E-state index contributed by atoms with van der Waals surface area (Å²) in [5, 5.41) is 10.2. The van der Waals surface area contributed by atoms with Crippen LogP contribution < -0.4 is 0 Å². The van der Waals surface area contributed by atoms with Crippen LogP contribution in [0.15, 0.2) is 60.9 Å². The molecule has 0 fully saturated rings. The summed E-state index contributed by atoms with van der Waals surface area (Å²) in [7, 11) is 0. The van der Waals surface area contributed by atoms with Gasteiger partial charge in [0.15, 0.2) is 0 Å². The van der Waals surface area contributed by atoms with Crippen LogP contribution in [0.1, 0.15) is 11.7 Å². The molecule has 3 aromatic rings. The van der Waals surface area contributed by atoms with E-state index in [1.807, 2.05) is 59.2 Å². The van der Waals surface area contributed by atoms with Crippen molar-refractivity contribution in [2.45, 2.75) is 12.6 Å². The molecular formula is C15H15ClN2O. The Hall–Kier alpha value is -1.84. The lowest BCUT2D eigenvalue weighted by atomic mass is 10.1. The first-order valence-corrected chi connectivity index (χ1v) is 5.97. The number of nitrogens with zero attached hydrogens (tertiary/aromatic N) is 2. The van der Waals surface area contributed by atoms with E-state index >= 15 is 0 Å². The van der Waals surface area contributed by atoms with Gasteiger partial charge >= 0.3 is 0 Å². The van der Waals surface area contributed by atoms with E-state index in [0.717, 1.165) is 16.6 Å². The lowest BCUT2D eigenvalue weighted by Crippen LogP contribution is -2.07.